The fourth-order valence-corrected chi connectivity index (χ4v) is 2.42. The van der Waals surface area contributed by atoms with Crippen molar-refractivity contribution in [2.75, 3.05) is 0 Å². The molecule has 1 aromatic carbocycles. The van der Waals surface area contributed by atoms with Crippen molar-refractivity contribution < 1.29 is 4.79 Å². The van der Waals surface area contributed by atoms with Gasteiger partial charge in [0.25, 0.3) is 0 Å². The first-order chi connectivity index (χ1) is 7.72. The highest BCUT2D eigenvalue weighted by Crippen LogP contribution is 2.34. The van der Waals surface area contributed by atoms with Crippen LogP contribution in [0.2, 0.25) is 0 Å². The number of hydrogen-bond acceptors (Lipinski definition) is 2. The molecular weight excluding hydrogens is 198 g/mol. The maximum absolute atomic E-state index is 11.9. The molecule has 82 valence electrons. The molecule has 0 N–H and O–H groups in total. The van der Waals surface area contributed by atoms with Crippen molar-refractivity contribution >= 4 is 5.78 Å². The van der Waals surface area contributed by atoms with Gasteiger partial charge < -0.3 is 0 Å². The Morgan fingerprint density at radius 3 is 2.81 bits per heavy atom. The monoisotopic (exact) mass is 213 g/mol. The third-order valence-electron chi connectivity index (χ3n) is 3.39. The second kappa shape index (κ2) is 4.49. The van der Waals surface area contributed by atoms with Gasteiger partial charge in [-0.25, -0.2) is 0 Å². The zero-order chi connectivity index (χ0) is 11.5. The molecule has 1 saturated carbocycles. The van der Waals surface area contributed by atoms with E-state index in [1.807, 2.05) is 31.2 Å². The Morgan fingerprint density at radius 2 is 2.12 bits per heavy atom. The second-order valence-corrected chi connectivity index (χ2v) is 4.48. The van der Waals surface area contributed by atoms with Gasteiger partial charge in [0.15, 0.2) is 0 Å². The highest BCUT2D eigenvalue weighted by atomic mass is 16.1. The Balaban J connectivity index is 2.29. The second-order valence-electron chi connectivity index (χ2n) is 4.48. The molecule has 2 nitrogen and oxygen atoms in total. The van der Waals surface area contributed by atoms with Crippen LogP contribution in [-0.4, -0.2) is 5.78 Å². The minimum atomic E-state index is -0.0559. The summed E-state index contributed by atoms with van der Waals surface area (Å²) in [4.78, 5) is 11.9. The smallest absolute Gasteiger partial charge is 0.140 e. The number of hydrogen-bond donors (Lipinski definition) is 0. The van der Waals surface area contributed by atoms with Crippen LogP contribution in [0.15, 0.2) is 24.3 Å². The number of rotatable bonds is 1. The van der Waals surface area contributed by atoms with E-state index in [0.29, 0.717) is 18.6 Å². The number of carbonyl (C=O) groups is 1. The standard InChI is InChI=1S/C14H15NO/c1-10-4-2-3-5-12(10)13-8-11(9-15)6-7-14(13)16/h2-5,11,13H,6-8H2,1H3. The summed E-state index contributed by atoms with van der Waals surface area (Å²) in [6.07, 6.45) is 1.98. The lowest BCUT2D eigenvalue weighted by atomic mass is 9.76. The lowest BCUT2D eigenvalue weighted by Gasteiger charge is -2.25. The number of Topliss-reactive ketones (excluding diaryl/α,β-unsaturated/α-hetero) is 1. The molecule has 0 saturated heterocycles. The molecule has 16 heavy (non-hydrogen) atoms. The van der Waals surface area contributed by atoms with Crippen LogP contribution in [-0.2, 0) is 4.79 Å². The Kier molecular flexibility index (Phi) is 3.05. The van der Waals surface area contributed by atoms with Crippen LogP contribution in [0.4, 0.5) is 0 Å². The van der Waals surface area contributed by atoms with E-state index in [1.165, 1.54) is 0 Å². The summed E-state index contributed by atoms with van der Waals surface area (Å²) in [5.41, 5.74) is 2.26. The van der Waals surface area contributed by atoms with Crippen molar-refractivity contribution in [3.05, 3.63) is 35.4 Å². The van der Waals surface area contributed by atoms with Crippen LogP contribution in [0.1, 0.15) is 36.3 Å². The van der Waals surface area contributed by atoms with E-state index in [9.17, 15) is 4.79 Å². The van der Waals surface area contributed by atoms with E-state index in [-0.39, 0.29) is 11.8 Å². The van der Waals surface area contributed by atoms with Gasteiger partial charge in [-0.05, 0) is 30.9 Å². The number of nitrogens with zero attached hydrogens (tertiary/aromatic N) is 1. The van der Waals surface area contributed by atoms with Gasteiger partial charge in [0.05, 0.1) is 6.07 Å². The van der Waals surface area contributed by atoms with Gasteiger partial charge in [0.2, 0.25) is 0 Å². The molecule has 0 radical (unpaired) electrons. The molecule has 2 unspecified atom stereocenters. The van der Waals surface area contributed by atoms with Gasteiger partial charge in [-0.1, -0.05) is 24.3 Å². The minimum absolute atomic E-state index is 0.0438. The van der Waals surface area contributed by atoms with Crippen molar-refractivity contribution in [3.8, 4) is 6.07 Å². The van der Waals surface area contributed by atoms with Gasteiger partial charge in [-0.3, -0.25) is 4.79 Å². The summed E-state index contributed by atoms with van der Waals surface area (Å²) in [7, 11) is 0. The van der Waals surface area contributed by atoms with E-state index < -0.39 is 0 Å². The summed E-state index contributed by atoms with van der Waals surface area (Å²) in [5.74, 6) is 0.280. The largest absolute Gasteiger partial charge is 0.299 e. The van der Waals surface area contributed by atoms with E-state index in [1.54, 1.807) is 0 Å². The Morgan fingerprint density at radius 1 is 1.38 bits per heavy atom. The van der Waals surface area contributed by atoms with E-state index in [4.69, 9.17) is 5.26 Å². The highest BCUT2D eigenvalue weighted by molar-refractivity contribution is 5.86. The third kappa shape index (κ3) is 1.99. The maximum Gasteiger partial charge on any atom is 0.140 e. The van der Waals surface area contributed by atoms with E-state index >= 15 is 0 Å². The molecule has 1 aromatic rings. The van der Waals surface area contributed by atoms with Crippen molar-refractivity contribution in [2.24, 2.45) is 5.92 Å². The Labute approximate surface area is 95.9 Å². The predicted molar refractivity (Wildman–Crippen MR) is 61.9 cm³/mol. The molecular formula is C14H15NO. The lowest BCUT2D eigenvalue weighted by Crippen LogP contribution is -2.23. The van der Waals surface area contributed by atoms with Gasteiger partial charge >= 0.3 is 0 Å². The van der Waals surface area contributed by atoms with Gasteiger partial charge in [0.1, 0.15) is 5.78 Å². The van der Waals surface area contributed by atoms with Gasteiger partial charge in [0, 0.05) is 18.3 Å². The molecule has 0 spiro atoms. The third-order valence-corrected chi connectivity index (χ3v) is 3.39. The van der Waals surface area contributed by atoms with Crippen molar-refractivity contribution in [2.45, 2.75) is 32.1 Å². The average molecular weight is 213 g/mol. The topological polar surface area (TPSA) is 40.9 Å². The SMILES string of the molecule is Cc1ccccc1C1CC(C#N)CCC1=O. The average Bonchev–Trinajstić information content (AvgIpc) is 2.31. The number of nitriles is 1. The summed E-state index contributed by atoms with van der Waals surface area (Å²) < 4.78 is 0. The fraction of sp³-hybridized carbons (Fsp3) is 0.429. The zero-order valence-electron chi connectivity index (χ0n) is 9.44. The first-order valence-electron chi connectivity index (χ1n) is 5.70. The molecule has 0 bridgehead atoms. The van der Waals surface area contributed by atoms with Crippen LogP contribution in [0.5, 0.6) is 0 Å². The predicted octanol–water partition coefficient (Wildman–Crippen LogP) is 2.97. The summed E-state index contributed by atoms with van der Waals surface area (Å²) in [6, 6.07) is 10.3. The van der Waals surface area contributed by atoms with Gasteiger partial charge in [-0.2, -0.15) is 5.26 Å². The maximum atomic E-state index is 11.9. The quantitative estimate of drug-likeness (QED) is 0.719. The van der Waals surface area contributed by atoms with Crippen molar-refractivity contribution in [1.29, 1.82) is 5.26 Å². The van der Waals surface area contributed by atoms with Gasteiger partial charge in [-0.15, -0.1) is 0 Å². The van der Waals surface area contributed by atoms with E-state index in [2.05, 4.69) is 6.07 Å². The van der Waals surface area contributed by atoms with Crippen LogP contribution >= 0.6 is 0 Å². The lowest BCUT2D eigenvalue weighted by molar-refractivity contribution is -0.122. The van der Waals surface area contributed by atoms with Crippen LogP contribution in [0.3, 0.4) is 0 Å². The van der Waals surface area contributed by atoms with Crippen LogP contribution in [0.25, 0.3) is 0 Å². The molecule has 0 heterocycles. The molecule has 0 aromatic heterocycles. The molecule has 2 rings (SSSR count). The Hall–Kier alpha value is -1.62. The number of benzene rings is 1. The normalized spacial score (nSPS) is 25.1. The molecule has 1 aliphatic rings. The zero-order valence-corrected chi connectivity index (χ0v) is 9.44. The van der Waals surface area contributed by atoms with Crippen LogP contribution < -0.4 is 0 Å². The molecule has 2 atom stereocenters. The number of carbonyl (C=O) groups excluding carboxylic acids is 1. The Bertz CT molecular complexity index is 444. The number of ketones is 1. The molecule has 0 amide bonds. The minimum Gasteiger partial charge on any atom is -0.299 e. The fourth-order valence-electron chi connectivity index (χ4n) is 2.42. The summed E-state index contributed by atoms with van der Waals surface area (Å²) in [5, 5.41) is 8.95. The molecule has 2 heteroatoms. The highest BCUT2D eigenvalue weighted by Gasteiger charge is 2.30. The number of aryl methyl sites for hydroxylation is 1. The summed E-state index contributed by atoms with van der Waals surface area (Å²) >= 11 is 0. The first kappa shape index (κ1) is 10.9. The van der Waals surface area contributed by atoms with Crippen molar-refractivity contribution in [3.63, 3.8) is 0 Å². The molecule has 0 aliphatic heterocycles. The van der Waals surface area contributed by atoms with E-state index in [0.717, 1.165) is 17.5 Å². The molecule has 1 aliphatic carbocycles. The molecule has 1 fully saturated rings. The first-order valence-corrected chi connectivity index (χ1v) is 5.70. The summed E-state index contributed by atoms with van der Waals surface area (Å²) in [6.45, 7) is 2.03. The van der Waals surface area contributed by atoms with Crippen molar-refractivity contribution in [1.82, 2.24) is 0 Å². The van der Waals surface area contributed by atoms with Crippen LogP contribution in [0, 0.1) is 24.2 Å².